The molecular formula is C31H51NO3. The molecule has 0 bridgehead atoms. The number of rotatable bonds is 4. The molecule has 35 heavy (non-hydrogen) atoms. The maximum atomic E-state index is 12.2. The van der Waals surface area contributed by atoms with Crippen LogP contribution in [-0.4, -0.2) is 47.7 Å². The Balaban J connectivity index is 1.18. The van der Waals surface area contributed by atoms with Crippen molar-refractivity contribution < 1.29 is 14.9 Å². The first-order chi connectivity index (χ1) is 16.5. The summed E-state index contributed by atoms with van der Waals surface area (Å²) in [7, 11) is 0. The van der Waals surface area contributed by atoms with Crippen LogP contribution in [0.15, 0.2) is 0 Å². The smallest absolute Gasteiger partial charge is 0.0880 e. The highest BCUT2D eigenvalue weighted by Gasteiger charge is 2.84. The molecule has 0 amide bonds. The van der Waals surface area contributed by atoms with E-state index in [-0.39, 0.29) is 40.7 Å². The van der Waals surface area contributed by atoms with E-state index in [1.165, 1.54) is 51.4 Å². The Morgan fingerprint density at radius 1 is 0.857 bits per heavy atom. The van der Waals surface area contributed by atoms with Gasteiger partial charge >= 0.3 is 0 Å². The van der Waals surface area contributed by atoms with Crippen molar-refractivity contribution in [2.45, 2.75) is 123 Å². The lowest BCUT2D eigenvalue weighted by Gasteiger charge is -2.63. The van der Waals surface area contributed by atoms with E-state index >= 15 is 0 Å². The number of aliphatic hydroxyl groups excluding tert-OH is 2. The Hall–Kier alpha value is -0.160. The van der Waals surface area contributed by atoms with Gasteiger partial charge in [-0.25, -0.2) is 0 Å². The minimum atomic E-state index is -0.357. The topological polar surface area (TPSA) is 61.7 Å². The van der Waals surface area contributed by atoms with Crippen LogP contribution >= 0.6 is 0 Å². The molecule has 4 nitrogen and oxygen atoms in total. The van der Waals surface area contributed by atoms with Crippen LogP contribution in [-0.2, 0) is 4.74 Å². The summed E-state index contributed by atoms with van der Waals surface area (Å²) >= 11 is 0. The average Bonchev–Trinajstić information content (AvgIpc) is 3.71. The molecule has 198 valence electrons. The number of fused-ring (bicyclic) bond motifs is 4. The van der Waals surface area contributed by atoms with E-state index < -0.39 is 0 Å². The largest absolute Gasteiger partial charge is 0.393 e. The number of hydrogen-bond acceptors (Lipinski definition) is 4. The van der Waals surface area contributed by atoms with Gasteiger partial charge in [0.05, 0.1) is 24.4 Å². The summed E-state index contributed by atoms with van der Waals surface area (Å²) < 4.78 is 6.85. The van der Waals surface area contributed by atoms with Gasteiger partial charge in [0, 0.05) is 12.0 Å². The van der Waals surface area contributed by atoms with E-state index in [4.69, 9.17) is 4.74 Å². The fourth-order valence-electron chi connectivity index (χ4n) is 12.3. The van der Waals surface area contributed by atoms with Gasteiger partial charge in [0.2, 0.25) is 0 Å². The lowest BCUT2D eigenvalue weighted by molar-refractivity contribution is -0.182. The van der Waals surface area contributed by atoms with E-state index in [1.54, 1.807) is 0 Å². The first kappa shape index (κ1) is 23.9. The first-order valence-electron chi connectivity index (χ1n) is 15.2. The lowest BCUT2D eigenvalue weighted by atomic mass is 9.41. The van der Waals surface area contributed by atoms with Crippen molar-refractivity contribution >= 4 is 0 Å². The molecule has 7 aliphatic rings. The molecule has 1 aliphatic heterocycles. The molecule has 0 aromatic rings. The molecule has 12 atom stereocenters. The van der Waals surface area contributed by atoms with Crippen molar-refractivity contribution in [3.8, 4) is 0 Å². The molecule has 6 aliphatic carbocycles. The predicted octanol–water partition coefficient (Wildman–Crippen LogP) is 5.16. The number of aliphatic hydroxyl groups is 2. The zero-order chi connectivity index (χ0) is 24.6. The van der Waals surface area contributed by atoms with Crippen LogP contribution in [0, 0.1) is 56.7 Å². The highest BCUT2D eigenvalue weighted by atomic mass is 16.5. The normalized spacial score (nSPS) is 60.1. The highest BCUT2D eigenvalue weighted by molar-refractivity contribution is 5.32. The maximum absolute atomic E-state index is 12.2. The van der Waals surface area contributed by atoms with Crippen molar-refractivity contribution in [1.29, 1.82) is 0 Å². The van der Waals surface area contributed by atoms with Crippen LogP contribution in [0.4, 0.5) is 0 Å². The van der Waals surface area contributed by atoms with Gasteiger partial charge in [-0.2, -0.15) is 0 Å². The lowest BCUT2D eigenvalue weighted by Crippen LogP contribution is -2.59. The van der Waals surface area contributed by atoms with Crippen LogP contribution < -0.4 is 5.32 Å². The van der Waals surface area contributed by atoms with Gasteiger partial charge in [0.15, 0.2) is 0 Å². The molecule has 1 heterocycles. The molecule has 0 radical (unpaired) electrons. The predicted molar refractivity (Wildman–Crippen MR) is 138 cm³/mol. The minimum Gasteiger partial charge on any atom is -0.393 e. The van der Waals surface area contributed by atoms with E-state index in [9.17, 15) is 10.2 Å². The summed E-state index contributed by atoms with van der Waals surface area (Å²) in [5.41, 5.74) is 0.913. The summed E-state index contributed by atoms with van der Waals surface area (Å²) in [5.74, 6) is 3.20. The van der Waals surface area contributed by atoms with E-state index in [0.717, 1.165) is 31.8 Å². The number of nitrogens with one attached hydrogen (secondary N) is 1. The summed E-state index contributed by atoms with van der Waals surface area (Å²) in [5, 5.41) is 26.8. The zero-order valence-electron chi connectivity index (χ0n) is 23.0. The molecule has 1 saturated heterocycles. The van der Waals surface area contributed by atoms with Crippen LogP contribution in [0.1, 0.15) is 98.8 Å². The van der Waals surface area contributed by atoms with E-state index in [0.29, 0.717) is 34.5 Å². The highest BCUT2D eigenvalue weighted by Crippen LogP contribution is 2.89. The van der Waals surface area contributed by atoms with Crippen molar-refractivity contribution in [1.82, 2.24) is 5.32 Å². The van der Waals surface area contributed by atoms with Crippen LogP contribution in [0.25, 0.3) is 0 Å². The zero-order valence-corrected chi connectivity index (χ0v) is 23.0. The molecule has 2 spiro atoms. The maximum Gasteiger partial charge on any atom is 0.0880 e. The molecule has 0 aromatic carbocycles. The third-order valence-electron chi connectivity index (χ3n) is 14.4. The summed E-state index contributed by atoms with van der Waals surface area (Å²) in [6.45, 7) is 14.3. The van der Waals surface area contributed by atoms with Crippen molar-refractivity contribution in [3.63, 3.8) is 0 Å². The summed E-state index contributed by atoms with van der Waals surface area (Å²) in [6, 6.07) is 0. The molecular weight excluding hydrogens is 434 g/mol. The third-order valence-corrected chi connectivity index (χ3v) is 14.4. The molecule has 0 aromatic heterocycles. The van der Waals surface area contributed by atoms with Crippen molar-refractivity contribution in [3.05, 3.63) is 0 Å². The quantitative estimate of drug-likeness (QED) is 0.515. The molecule has 7 fully saturated rings. The van der Waals surface area contributed by atoms with Crippen molar-refractivity contribution in [2.75, 3.05) is 13.1 Å². The van der Waals surface area contributed by atoms with E-state index in [1.807, 2.05) is 0 Å². The Labute approximate surface area is 213 Å². The standard InChI is InChI=1S/C31H51NO3/c1-18-14-20(16-32-15-19-6-7-19)35-25-24(18)28(4)12-13-31-17-30(31)11-10-23(33)27(2,3)21(30)8-9-22(31)29(28,5)26(25)34/h18-26,32-34H,6-17H2,1-5H3/t18-,20-,21?,22?,23+,24?,25+,26+,28-,29-,30-,31+/m1/s1. The van der Waals surface area contributed by atoms with Gasteiger partial charge < -0.3 is 20.3 Å². The molecule has 7 rings (SSSR count). The first-order valence-corrected chi connectivity index (χ1v) is 15.2. The van der Waals surface area contributed by atoms with Gasteiger partial charge in [-0.15, -0.1) is 0 Å². The van der Waals surface area contributed by atoms with Crippen molar-refractivity contribution in [2.24, 2.45) is 56.7 Å². The van der Waals surface area contributed by atoms with Gasteiger partial charge in [-0.1, -0.05) is 34.6 Å². The van der Waals surface area contributed by atoms with Gasteiger partial charge in [-0.05, 0) is 122 Å². The Bertz CT molecular complexity index is 886. The summed E-state index contributed by atoms with van der Waals surface area (Å²) in [4.78, 5) is 0. The Morgan fingerprint density at radius 3 is 2.31 bits per heavy atom. The third kappa shape index (κ3) is 2.79. The van der Waals surface area contributed by atoms with Crippen LogP contribution in [0.2, 0.25) is 0 Å². The second-order valence-corrected chi connectivity index (χ2v) is 15.8. The van der Waals surface area contributed by atoms with E-state index in [2.05, 4.69) is 39.9 Å². The molecule has 6 saturated carbocycles. The second-order valence-electron chi connectivity index (χ2n) is 15.8. The fourth-order valence-corrected chi connectivity index (χ4v) is 12.3. The van der Waals surface area contributed by atoms with Gasteiger partial charge in [0.25, 0.3) is 0 Å². The Morgan fingerprint density at radius 2 is 1.57 bits per heavy atom. The van der Waals surface area contributed by atoms with Gasteiger partial charge in [-0.3, -0.25) is 0 Å². The fraction of sp³-hybridized carbons (Fsp3) is 1.00. The minimum absolute atomic E-state index is 0.00586. The second kappa shape index (κ2) is 7.27. The number of ether oxygens (including phenoxy) is 1. The molecule has 4 heteroatoms. The van der Waals surface area contributed by atoms with Crippen LogP contribution in [0.3, 0.4) is 0 Å². The SMILES string of the molecule is C[C@@H]1C[C@H](CNCC2CC2)O[C@H]2C1[C@@]1(C)CC[C@@]34C[C@@]35CC[C@H](O)C(C)(C)C5CCC4[C@]1(C)[C@H]2O. The average molecular weight is 486 g/mol. The molecule has 3 unspecified atom stereocenters. The number of hydrogen-bond donors (Lipinski definition) is 3. The molecule has 3 N–H and O–H groups in total. The van der Waals surface area contributed by atoms with Gasteiger partial charge in [0.1, 0.15) is 0 Å². The monoisotopic (exact) mass is 485 g/mol. The Kier molecular flexibility index (Phi) is 4.97. The van der Waals surface area contributed by atoms with Crippen LogP contribution in [0.5, 0.6) is 0 Å². The summed E-state index contributed by atoms with van der Waals surface area (Å²) in [6.07, 6.45) is 12.2.